The maximum atomic E-state index is 13.9. The number of fused-ring (bicyclic) bond motifs is 3. The van der Waals surface area contributed by atoms with Crippen LogP contribution in [0.3, 0.4) is 0 Å². The first-order valence-corrected chi connectivity index (χ1v) is 14.3. The molecule has 2 unspecified atom stereocenters. The number of primary amides is 1. The van der Waals surface area contributed by atoms with Crippen molar-refractivity contribution in [3.63, 3.8) is 0 Å². The number of rotatable bonds is 6. The van der Waals surface area contributed by atoms with E-state index in [1.807, 2.05) is 7.05 Å². The van der Waals surface area contributed by atoms with E-state index < -0.39 is 64.4 Å². The van der Waals surface area contributed by atoms with Crippen molar-refractivity contribution in [2.45, 2.75) is 69.2 Å². The predicted molar refractivity (Wildman–Crippen MR) is 146 cm³/mol. The van der Waals surface area contributed by atoms with Crippen LogP contribution in [-0.2, 0) is 32.1 Å². The van der Waals surface area contributed by atoms with Gasteiger partial charge in [-0.25, -0.2) is 0 Å². The van der Waals surface area contributed by atoms with Gasteiger partial charge in [0.2, 0.25) is 5.91 Å². The molecule has 0 saturated heterocycles. The number of ether oxygens (including phenoxy) is 1. The number of hydrogen-bond donors (Lipinski definition) is 3. The van der Waals surface area contributed by atoms with Crippen molar-refractivity contribution in [1.29, 1.82) is 0 Å². The van der Waals surface area contributed by atoms with Crippen LogP contribution in [0, 0.1) is 23.7 Å². The second-order valence-corrected chi connectivity index (χ2v) is 12.4. The lowest BCUT2D eigenvalue weighted by atomic mass is 9.52. The third-order valence-corrected chi connectivity index (χ3v) is 9.91. The molecule has 4 N–H and O–H groups in total. The standard InChI is InChI=1S/C30H39N3O8/c1-32(2)23-18-11-14-10-17-21(19(34)12-15(26(17)41-4)13-33(3)16-8-6-5-7-9-16)24(35)20(14)27(37)30(18,40)28(38)22(25(23)36)29(31)39/h12,14,16,18,20,22-23,34,40H,5-11,13H2,1-4H3,(H2,31,39)/t14-,18-,20?,22?,23-,30-/m0/s1. The number of nitrogens with zero attached hydrogens (tertiary/aromatic N) is 2. The minimum atomic E-state index is -2.74. The van der Waals surface area contributed by atoms with Crippen molar-refractivity contribution >= 4 is 29.0 Å². The molecule has 4 aliphatic rings. The smallest absolute Gasteiger partial charge is 0.235 e. The summed E-state index contributed by atoms with van der Waals surface area (Å²) in [4.78, 5) is 70.3. The van der Waals surface area contributed by atoms with Crippen molar-refractivity contribution in [3.05, 3.63) is 22.8 Å². The van der Waals surface area contributed by atoms with Crippen molar-refractivity contribution in [3.8, 4) is 11.5 Å². The molecule has 6 atom stereocenters. The number of methoxy groups -OCH3 is 1. The lowest BCUT2D eigenvalue weighted by Crippen LogP contribution is -2.74. The van der Waals surface area contributed by atoms with Crippen LogP contribution in [-0.4, -0.2) is 95.0 Å². The quantitative estimate of drug-likeness (QED) is 0.414. The van der Waals surface area contributed by atoms with Crippen molar-refractivity contribution in [2.75, 3.05) is 28.3 Å². The molecule has 0 bridgehead atoms. The first-order chi connectivity index (χ1) is 19.3. The molecule has 0 aliphatic heterocycles. The lowest BCUT2D eigenvalue weighted by Gasteiger charge is -2.52. The average molecular weight is 570 g/mol. The van der Waals surface area contributed by atoms with Crippen LogP contribution >= 0.6 is 0 Å². The normalized spacial score (nSPS) is 32.1. The van der Waals surface area contributed by atoms with E-state index in [2.05, 4.69) is 4.90 Å². The molecule has 0 aromatic heterocycles. The van der Waals surface area contributed by atoms with Crippen LogP contribution in [0.4, 0.5) is 0 Å². The Bertz CT molecular complexity index is 1320. The minimum Gasteiger partial charge on any atom is -0.507 e. The van der Waals surface area contributed by atoms with E-state index in [1.54, 1.807) is 14.1 Å². The van der Waals surface area contributed by atoms with Gasteiger partial charge in [0.1, 0.15) is 11.5 Å². The Labute approximate surface area is 239 Å². The summed E-state index contributed by atoms with van der Waals surface area (Å²) in [5, 5.41) is 22.8. The number of carbonyl (C=O) groups is 5. The molecule has 11 heteroatoms. The maximum Gasteiger partial charge on any atom is 0.235 e. The highest BCUT2D eigenvalue weighted by molar-refractivity contribution is 6.32. The van der Waals surface area contributed by atoms with Crippen LogP contribution in [0.5, 0.6) is 11.5 Å². The van der Waals surface area contributed by atoms with E-state index in [0.29, 0.717) is 23.9 Å². The number of benzene rings is 1. The molecule has 1 aromatic carbocycles. The van der Waals surface area contributed by atoms with Gasteiger partial charge in [0.05, 0.1) is 24.6 Å². The Balaban J connectivity index is 1.56. The minimum absolute atomic E-state index is 0.0000158. The summed E-state index contributed by atoms with van der Waals surface area (Å²) in [5.41, 5.74) is 3.78. The zero-order valence-electron chi connectivity index (χ0n) is 24.0. The monoisotopic (exact) mass is 569 g/mol. The summed E-state index contributed by atoms with van der Waals surface area (Å²) >= 11 is 0. The zero-order valence-corrected chi connectivity index (χ0v) is 24.0. The number of phenols is 1. The molecule has 5 rings (SSSR count). The van der Waals surface area contributed by atoms with E-state index >= 15 is 0 Å². The number of likely N-dealkylation sites (N-methyl/N-ethyl adjacent to an activating group) is 1. The molecule has 4 aliphatic carbocycles. The number of phenolic OH excluding ortho intramolecular Hbond substituents is 1. The van der Waals surface area contributed by atoms with Gasteiger partial charge in [-0.1, -0.05) is 19.3 Å². The Hall–Kier alpha value is -3.15. The number of Topliss-reactive ketones (excluding diaryl/α,β-unsaturated/α-hetero) is 4. The molecule has 0 radical (unpaired) electrons. The second kappa shape index (κ2) is 10.6. The largest absolute Gasteiger partial charge is 0.507 e. The maximum absolute atomic E-state index is 13.9. The topological polar surface area (TPSA) is 168 Å². The Morgan fingerprint density at radius 2 is 1.76 bits per heavy atom. The summed E-state index contributed by atoms with van der Waals surface area (Å²) in [6.07, 6.45) is 5.90. The van der Waals surface area contributed by atoms with Gasteiger partial charge in [0.15, 0.2) is 34.7 Å². The highest BCUT2D eigenvalue weighted by atomic mass is 16.5. The Kier molecular flexibility index (Phi) is 7.59. The SMILES string of the molecule is COc1c(CN(C)C2CCCCC2)cc(O)c2c1C[C@H]1C[C@H]3[C@H](N(C)C)C(=O)C(C(N)=O)C(=O)[C@@]3(O)C(=O)C1C2=O. The fourth-order valence-corrected chi connectivity index (χ4v) is 8.01. The summed E-state index contributed by atoms with van der Waals surface area (Å²) in [6.45, 7) is 0.498. The number of amides is 1. The van der Waals surface area contributed by atoms with E-state index in [4.69, 9.17) is 10.5 Å². The second-order valence-electron chi connectivity index (χ2n) is 12.4. The first-order valence-electron chi connectivity index (χ1n) is 14.3. The van der Waals surface area contributed by atoms with Crippen molar-refractivity contribution < 1.29 is 38.9 Å². The Morgan fingerprint density at radius 1 is 1.10 bits per heavy atom. The zero-order chi connectivity index (χ0) is 30.0. The summed E-state index contributed by atoms with van der Waals surface area (Å²) < 4.78 is 5.81. The lowest BCUT2D eigenvalue weighted by molar-refractivity contribution is -0.181. The predicted octanol–water partition coefficient (Wildman–Crippen LogP) is 0.640. The molecule has 0 spiro atoms. The van der Waals surface area contributed by atoms with Crippen LogP contribution in [0.2, 0.25) is 0 Å². The number of nitrogens with two attached hydrogens (primary N) is 1. The number of hydrogen-bond acceptors (Lipinski definition) is 10. The van der Waals surface area contributed by atoms with E-state index in [9.17, 15) is 34.2 Å². The fourth-order valence-electron chi connectivity index (χ4n) is 8.01. The molecule has 3 saturated carbocycles. The van der Waals surface area contributed by atoms with E-state index in [1.165, 1.54) is 37.3 Å². The number of aromatic hydroxyl groups is 1. The van der Waals surface area contributed by atoms with Crippen molar-refractivity contribution in [2.24, 2.45) is 29.4 Å². The first kappa shape index (κ1) is 29.3. The average Bonchev–Trinajstić information content (AvgIpc) is 2.90. The van der Waals surface area contributed by atoms with Gasteiger partial charge in [0, 0.05) is 29.6 Å². The van der Waals surface area contributed by atoms with Gasteiger partial charge >= 0.3 is 0 Å². The molecule has 41 heavy (non-hydrogen) atoms. The van der Waals surface area contributed by atoms with Crippen LogP contribution in [0.15, 0.2) is 6.07 Å². The van der Waals surface area contributed by atoms with Gasteiger partial charge in [0.25, 0.3) is 0 Å². The fraction of sp³-hybridized carbons (Fsp3) is 0.633. The molecule has 11 nitrogen and oxygen atoms in total. The third-order valence-electron chi connectivity index (χ3n) is 9.91. The summed E-state index contributed by atoms with van der Waals surface area (Å²) in [7, 11) is 6.66. The molecule has 0 heterocycles. The molecule has 1 aromatic rings. The number of aliphatic hydroxyl groups is 1. The number of carbonyl (C=O) groups excluding carboxylic acids is 5. The highest BCUT2D eigenvalue weighted by Gasteiger charge is 2.69. The summed E-state index contributed by atoms with van der Waals surface area (Å²) in [5.74, 6) is -10.1. The van der Waals surface area contributed by atoms with Gasteiger partial charge in [-0.05, 0) is 58.8 Å². The molecular weight excluding hydrogens is 530 g/mol. The van der Waals surface area contributed by atoms with Crippen LogP contribution in [0.1, 0.15) is 60.0 Å². The number of ketones is 4. The summed E-state index contributed by atoms with van der Waals surface area (Å²) in [6, 6.07) is 0.762. The third kappa shape index (κ3) is 4.40. The Morgan fingerprint density at radius 3 is 2.34 bits per heavy atom. The molecule has 222 valence electrons. The molecule has 3 fully saturated rings. The van der Waals surface area contributed by atoms with Crippen LogP contribution < -0.4 is 10.5 Å². The van der Waals surface area contributed by atoms with Gasteiger partial charge in [-0.2, -0.15) is 0 Å². The molecule has 1 amide bonds. The van der Waals surface area contributed by atoms with Gasteiger partial charge in [-0.15, -0.1) is 0 Å². The van der Waals surface area contributed by atoms with Crippen molar-refractivity contribution in [1.82, 2.24) is 9.80 Å². The van der Waals surface area contributed by atoms with Gasteiger partial charge in [-0.3, -0.25) is 33.8 Å². The van der Waals surface area contributed by atoms with Gasteiger partial charge < -0.3 is 20.7 Å². The van der Waals surface area contributed by atoms with E-state index in [-0.39, 0.29) is 24.2 Å². The highest BCUT2D eigenvalue weighted by Crippen LogP contribution is 2.52. The van der Waals surface area contributed by atoms with E-state index in [0.717, 1.165) is 18.4 Å². The molecular formula is C30H39N3O8. The van der Waals surface area contributed by atoms with Crippen LogP contribution in [0.25, 0.3) is 0 Å².